The van der Waals surface area contributed by atoms with Gasteiger partial charge in [0.1, 0.15) is 11.6 Å². The first-order valence-electron chi connectivity index (χ1n) is 6.38. The highest BCUT2D eigenvalue weighted by Crippen LogP contribution is 2.34. The Morgan fingerprint density at radius 2 is 2.06 bits per heavy atom. The fourth-order valence-corrected chi connectivity index (χ4v) is 2.74. The standard InChI is InChI=1S/C14H19F2N/c1-2-14(8-4-3-5-9-17-14)12-7-6-11(15)10-13(12)16/h6-7,10,17H,2-5,8-9H2,1H3. The van der Waals surface area contributed by atoms with E-state index in [1.54, 1.807) is 6.07 Å². The molecule has 1 aliphatic rings. The second-order valence-corrected chi connectivity index (χ2v) is 4.80. The Morgan fingerprint density at radius 1 is 1.24 bits per heavy atom. The van der Waals surface area contributed by atoms with Gasteiger partial charge < -0.3 is 5.32 Å². The van der Waals surface area contributed by atoms with Crippen molar-refractivity contribution in [1.82, 2.24) is 5.32 Å². The molecule has 1 heterocycles. The van der Waals surface area contributed by atoms with E-state index < -0.39 is 11.6 Å². The van der Waals surface area contributed by atoms with Crippen LogP contribution in [0.3, 0.4) is 0 Å². The van der Waals surface area contributed by atoms with Gasteiger partial charge in [-0.15, -0.1) is 0 Å². The maximum atomic E-state index is 13.9. The molecule has 0 aromatic heterocycles. The van der Waals surface area contributed by atoms with E-state index in [0.29, 0.717) is 5.56 Å². The van der Waals surface area contributed by atoms with Crippen LogP contribution < -0.4 is 5.32 Å². The molecule has 94 valence electrons. The molecule has 17 heavy (non-hydrogen) atoms. The lowest BCUT2D eigenvalue weighted by atomic mass is 9.83. The summed E-state index contributed by atoms with van der Waals surface area (Å²) in [6.45, 7) is 2.96. The van der Waals surface area contributed by atoms with E-state index in [1.807, 2.05) is 0 Å². The second kappa shape index (κ2) is 5.13. The summed E-state index contributed by atoms with van der Waals surface area (Å²) in [6.07, 6.45) is 5.15. The van der Waals surface area contributed by atoms with Crippen LogP contribution in [0.2, 0.25) is 0 Å². The van der Waals surface area contributed by atoms with Crippen LogP contribution in [0.1, 0.15) is 44.6 Å². The molecule has 2 rings (SSSR count). The van der Waals surface area contributed by atoms with Crippen LogP contribution in [-0.4, -0.2) is 6.54 Å². The predicted octanol–water partition coefficient (Wildman–Crippen LogP) is 3.73. The highest BCUT2D eigenvalue weighted by molar-refractivity contribution is 5.27. The Labute approximate surface area is 101 Å². The lowest BCUT2D eigenvalue weighted by molar-refractivity contribution is 0.300. The highest BCUT2D eigenvalue weighted by atomic mass is 19.1. The van der Waals surface area contributed by atoms with Crippen LogP contribution in [0, 0.1) is 11.6 Å². The van der Waals surface area contributed by atoms with Crippen molar-refractivity contribution >= 4 is 0 Å². The van der Waals surface area contributed by atoms with Crippen LogP contribution in [0.25, 0.3) is 0 Å². The van der Waals surface area contributed by atoms with Gasteiger partial charge in [-0.1, -0.05) is 25.8 Å². The number of benzene rings is 1. The van der Waals surface area contributed by atoms with Crippen molar-refractivity contribution in [2.24, 2.45) is 0 Å². The zero-order valence-electron chi connectivity index (χ0n) is 10.2. The molecule has 3 heteroatoms. The molecule has 1 aromatic carbocycles. The van der Waals surface area contributed by atoms with Gasteiger partial charge >= 0.3 is 0 Å². The molecule has 1 nitrogen and oxygen atoms in total. The molecule has 0 radical (unpaired) electrons. The fourth-order valence-electron chi connectivity index (χ4n) is 2.74. The van der Waals surface area contributed by atoms with Crippen molar-refractivity contribution in [3.8, 4) is 0 Å². The molecular formula is C14H19F2N. The minimum Gasteiger partial charge on any atom is -0.307 e. The maximum absolute atomic E-state index is 13.9. The number of rotatable bonds is 2. The summed E-state index contributed by atoms with van der Waals surface area (Å²) < 4.78 is 26.9. The average molecular weight is 239 g/mol. The minimum absolute atomic E-state index is 0.311. The Kier molecular flexibility index (Phi) is 3.77. The lowest BCUT2D eigenvalue weighted by Crippen LogP contribution is -2.42. The molecule has 0 aliphatic carbocycles. The first-order chi connectivity index (χ1) is 8.18. The summed E-state index contributed by atoms with van der Waals surface area (Å²) in [5, 5.41) is 3.46. The van der Waals surface area contributed by atoms with Gasteiger partial charge in [0, 0.05) is 17.2 Å². The Balaban J connectivity index is 2.38. The van der Waals surface area contributed by atoms with Gasteiger partial charge in [0.05, 0.1) is 0 Å². The van der Waals surface area contributed by atoms with Crippen LogP contribution >= 0.6 is 0 Å². The quantitative estimate of drug-likeness (QED) is 0.829. The molecule has 1 atom stereocenters. The van der Waals surface area contributed by atoms with Gasteiger partial charge in [-0.25, -0.2) is 8.78 Å². The van der Waals surface area contributed by atoms with Crippen molar-refractivity contribution in [2.45, 2.75) is 44.6 Å². The first-order valence-corrected chi connectivity index (χ1v) is 6.38. The number of halogens is 2. The first kappa shape index (κ1) is 12.5. The molecule has 1 N–H and O–H groups in total. The van der Waals surface area contributed by atoms with Crippen LogP contribution in [-0.2, 0) is 5.54 Å². The maximum Gasteiger partial charge on any atom is 0.131 e. The van der Waals surface area contributed by atoms with E-state index in [-0.39, 0.29) is 5.54 Å². The SMILES string of the molecule is CCC1(c2ccc(F)cc2F)CCCCCN1. The molecule has 0 spiro atoms. The normalized spacial score (nSPS) is 25.6. The Bertz CT molecular complexity index is 382. The van der Waals surface area contributed by atoms with E-state index in [0.717, 1.165) is 38.3 Å². The van der Waals surface area contributed by atoms with Gasteiger partial charge in [0.25, 0.3) is 0 Å². The zero-order valence-corrected chi connectivity index (χ0v) is 10.2. The van der Waals surface area contributed by atoms with Crippen LogP contribution in [0.15, 0.2) is 18.2 Å². The number of hydrogen-bond acceptors (Lipinski definition) is 1. The molecule has 0 saturated carbocycles. The molecule has 1 unspecified atom stereocenters. The average Bonchev–Trinajstić information content (AvgIpc) is 2.55. The number of hydrogen-bond donors (Lipinski definition) is 1. The van der Waals surface area contributed by atoms with Crippen molar-refractivity contribution in [3.05, 3.63) is 35.4 Å². The fraction of sp³-hybridized carbons (Fsp3) is 0.571. The van der Waals surface area contributed by atoms with Gasteiger partial charge in [0.15, 0.2) is 0 Å². The van der Waals surface area contributed by atoms with E-state index in [2.05, 4.69) is 12.2 Å². The Morgan fingerprint density at radius 3 is 2.76 bits per heavy atom. The molecular weight excluding hydrogens is 220 g/mol. The number of nitrogens with one attached hydrogen (secondary N) is 1. The molecule has 1 aliphatic heterocycles. The highest BCUT2D eigenvalue weighted by Gasteiger charge is 2.33. The summed E-state index contributed by atoms with van der Waals surface area (Å²) in [5.41, 5.74) is 0.303. The monoisotopic (exact) mass is 239 g/mol. The van der Waals surface area contributed by atoms with Crippen molar-refractivity contribution in [3.63, 3.8) is 0 Å². The van der Waals surface area contributed by atoms with Crippen LogP contribution in [0.4, 0.5) is 8.78 Å². The largest absolute Gasteiger partial charge is 0.307 e. The van der Waals surface area contributed by atoms with Crippen molar-refractivity contribution in [2.75, 3.05) is 6.54 Å². The molecule has 1 aromatic rings. The van der Waals surface area contributed by atoms with Crippen molar-refractivity contribution in [1.29, 1.82) is 0 Å². The summed E-state index contributed by atoms with van der Waals surface area (Å²) >= 11 is 0. The van der Waals surface area contributed by atoms with E-state index >= 15 is 0 Å². The topological polar surface area (TPSA) is 12.0 Å². The molecule has 0 bridgehead atoms. The lowest BCUT2D eigenvalue weighted by Gasteiger charge is -2.33. The van der Waals surface area contributed by atoms with Crippen LogP contribution in [0.5, 0.6) is 0 Å². The van der Waals surface area contributed by atoms with Crippen molar-refractivity contribution < 1.29 is 8.78 Å². The third kappa shape index (κ3) is 2.49. The van der Waals surface area contributed by atoms with Gasteiger partial charge in [-0.05, 0) is 31.9 Å². The minimum atomic E-state index is -0.508. The summed E-state index contributed by atoms with van der Waals surface area (Å²) in [7, 11) is 0. The Hall–Kier alpha value is -0.960. The third-order valence-corrected chi connectivity index (χ3v) is 3.79. The van der Waals surface area contributed by atoms with E-state index in [4.69, 9.17) is 0 Å². The second-order valence-electron chi connectivity index (χ2n) is 4.80. The van der Waals surface area contributed by atoms with E-state index in [9.17, 15) is 8.78 Å². The summed E-state index contributed by atoms with van der Waals surface area (Å²) in [5.74, 6) is -0.938. The van der Waals surface area contributed by atoms with Gasteiger partial charge in [0.2, 0.25) is 0 Å². The third-order valence-electron chi connectivity index (χ3n) is 3.79. The predicted molar refractivity (Wildman–Crippen MR) is 64.8 cm³/mol. The molecule has 0 amide bonds. The van der Waals surface area contributed by atoms with Gasteiger partial charge in [-0.2, -0.15) is 0 Å². The van der Waals surface area contributed by atoms with Gasteiger partial charge in [-0.3, -0.25) is 0 Å². The zero-order chi connectivity index (χ0) is 12.3. The summed E-state index contributed by atoms with van der Waals surface area (Å²) in [6, 6.07) is 3.92. The van der Waals surface area contributed by atoms with E-state index in [1.165, 1.54) is 12.5 Å². The molecule has 1 saturated heterocycles. The smallest absolute Gasteiger partial charge is 0.131 e. The molecule has 1 fully saturated rings. The summed E-state index contributed by atoms with van der Waals surface area (Å²) in [4.78, 5) is 0.